The summed E-state index contributed by atoms with van der Waals surface area (Å²) in [6, 6.07) is 21.0. The number of rotatable bonds is 9. The molecular formula is C27H27N3O4S2. The molecule has 0 aliphatic rings. The number of methoxy groups -OCH3 is 1. The average molecular weight is 522 g/mol. The lowest BCUT2D eigenvalue weighted by Crippen LogP contribution is -2.30. The standard InChI is InChI=1S/C27H27N3O4S2/c1-4-18-30-25-23(34-3)12-9-13-24(25)35-27(30)28-26(31)21-14-16-22(17-15-21)36(32,33)29(5-2)19-20-10-7-6-8-11-20/h4,6-17H,1,5,18-19H2,2-3H3. The number of aromatic nitrogens is 1. The summed E-state index contributed by atoms with van der Waals surface area (Å²) >= 11 is 1.38. The van der Waals surface area contributed by atoms with Crippen LogP contribution in [-0.2, 0) is 23.1 Å². The molecular weight excluding hydrogens is 494 g/mol. The van der Waals surface area contributed by atoms with Gasteiger partial charge in [0.1, 0.15) is 11.3 Å². The zero-order valence-electron chi connectivity index (χ0n) is 20.1. The topological polar surface area (TPSA) is 81.0 Å². The fourth-order valence-electron chi connectivity index (χ4n) is 3.87. The maximum atomic E-state index is 13.2. The number of sulfonamides is 1. The largest absolute Gasteiger partial charge is 0.495 e. The summed E-state index contributed by atoms with van der Waals surface area (Å²) in [7, 11) is -2.13. The van der Waals surface area contributed by atoms with Crippen LogP contribution in [0, 0.1) is 0 Å². The van der Waals surface area contributed by atoms with E-state index in [-0.39, 0.29) is 11.4 Å². The number of nitrogens with zero attached hydrogens (tertiary/aromatic N) is 3. The van der Waals surface area contributed by atoms with Gasteiger partial charge >= 0.3 is 0 Å². The molecule has 186 valence electrons. The summed E-state index contributed by atoms with van der Waals surface area (Å²) in [6.07, 6.45) is 1.73. The average Bonchev–Trinajstić information content (AvgIpc) is 3.25. The number of allylic oxidation sites excluding steroid dienone is 1. The third-order valence-corrected chi connectivity index (χ3v) is 8.66. The van der Waals surface area contributed by atoms with E-state index >= 15 is 0 Å². The Morgan fingerprint density at radius 1 is 1.08 bits per heavy atom. The molecule has 0 aliphatic heterocycles. The van der Waals surface area contributed by atoms with Crippen molar-refractivity contribution in [3.8, 4) is 5.75 Å². The third-order valence-electron chi connectivity index (χ3n) is 5.69. The molecule has 3 aromatic carbocycles. The van der Waals surface area contributed by atoms with E-state index in [2.05, 4.69) is 11.6 Å². The van der Waals surface area contributed by atoms with Crippen LogP contribution in [0.2, 0.25) is 0 Å². The van der Waals surface area contributed by atoms with Gasteiger partial charge in [0.25, 0.3) is 5.91 Å². The van der Waals surface area contributed by atoms with Crippen molar-refractivity contribution in [3.63, 3.8) is 0 Å². The molecule has 0 atom stereocenters. The van der Waals surface area contributed by atoms with E-state index in [9.17, 15) is 13.2 Å². The first-order valence-corrected chi connectivity index (χ1v) is 13.6. The van der Waals surface area contributed by atoms with Crippen molar-refractivity contribution in [2.45, 2.75) is 24.9 Å². The lowest BCUT2D eigenvalue weighted by Gasteiger charge is -2.20. The zero-order valence-corrected chi connectivity index (χ0v) is 21.8. The second kappa shape index (κ2) is 11.0. The zero-order chi connectivity index (χ0) is 25.7. The van der Waals surface area contributed by atoms with Crippen LogP contribution < -0.4 is 9.54 Å². The monoisotopic (exact) mass is 521 g/mol. The normalized spacial score (nSPS) is 12.2. The molecule has 4 rings (SSSR count). The second-order valence-electron chi connectivity index (χ2n) is 7.95. The van der Waals surface area contributed by atoms with E-state index in [1.807, 2.05) is 53.1 Å². The van der Waals surface area contributed by atoms with Gasteiger partial charge in [0, 0.05) is 25.2 Å². The lowest BCUT2D eigenvalue weighted by molar-refractivity contribution is 0.0997. The van der Waals surface area contributed by atoms with Gasteiger partial charge in [-0.25, -0.2) is 8.42 Å². The summed E-state index contributed by atoms with van der Waals surface area (Å²) in [6.45, 7) is 6.67. The molecule has 36 heavy (non-hydrogen) atoms. The van der Waals surface area contributed by atoms with Crippen LogP contribution >= 0.6 is 11.3 Å². The number of hydrogen-bond donors (Lipinski definition) is 0. The van der Waals surface area contributed by atoms with E-state index in [4.69, 9.17) is 4.74 Å². The molecule has 0 aliphatic carbocycles. The van der Waals surface area contributed by atoms with Crippen LogP contribution in [0.1, 0.15) is 22.8 Å². The SMILES string of the molecule is C=CCn1c(=NC(=O)c2ccc(S(=O)(=O)N(CC)Cc3ccccc3)cc2)sc2cccc(OC)c21. The number of carbonyl (C=O) groups excluding carboxylic acids is 1. The molecule has 0 bridgehead atoms. The first-order valence-electron chi connectivity index (χ1n) is 11.4. The number of thiazole rings is 1. The number of fused-ring (bicyclic) bond motifs is 1. The van der Waals surface area contributed by atoms with Crippen LogP contribution in [0.15, 0.2) is 95.3 Å². The highest BCUT2D eigenvalue weighted by atomic mass is 32.2. The first kappa shape index (κ1) is 25.6. The first-order chi connectivity index (χ1) is 17.4. The number of carbonyl (C=O) groups is 1. The highest BCUT2D eigenvalue weighted by Gasteiger charge is 2.23. The summed E-state index contributed by atoms with van der Waals surface area (Å²) < 4.78 is 36.1. The van der Waals surface area contributed by atoms with Gasteiger partial charge in [-0.15, -0.1) is 6.58 Å². The van der Waals surface area contributed by atoms with Gasteiger partial charge in [-0.3, -0.25) is 4.79 Å². The van der Waals surface area contributed by atoms with Crippen molar-refractivity contribution in [3.05, 3.63) is 101 Å². The van der Waals surface area contributed by atoms with E-state index in [1.54, 1.807) is 20.1 Å². The van der Waals surface area contributed by atoms with Gasteiger partial charge < -0.3 is 9.30 Å². The van der Waals surface area contributed by atoms with Crippen molar-refractivity contribution < 1.29 is 17.9 Å². The molecule has 9 heteroatoms. The van der Waals surface area contributed by atoms with Crippen LogP contribution in [0.25, 0.3) is 10.2 Å². The van der Waals surface area contributed by atoms with Crippen LogP contribution in [0.5, 0.6) is 5.75 Å². The van der Waals surface area contributed by atoms with Gasteiger partial charge in [-0.1, -0.05) is 60.7 Å². The Kier molecular flexibility index (Phi) is 7.83. The van der Waals surface area contributed by atoms with Crippen molar-refractivity contribution in [1.29, 1.82) is 0 Å². The smallest absolute Gasteiger partial charge is 0.279 e. The van der Waals surface area contributed by atoms with E-state index in [1.165, 1.54) is 39.9 Å². The predicted molar refractivity (Wildman–Crippen MR) is 143 cm³/mol. The molecule has 0 saturated carbocycles. The molecule has 1 aromatic heterocycles. The van der Waals surface area contributed by atoms with Crippen molar-refractivity contribution in [2.24, 2.45) is 4.99 Å². The minimum absolute atomic E-state index is 0.130. The highest BCUT2D eigenvalue weighted by molar-refractivity contribution is 7.89. The number of para-hydroxylation sites is 1. The molecule has 4 aromatic rings. The summed E-state index contributed by atoms with van der Waals surface area (Å²) in [5.74, 6) is 0.226. The Labute approximate surface area is 214 Å². The van der Waals surface area contributed by atoms with Crippen molar-refractivity contribution in [1.82, 2.24) is 8.87 Å². The highest BCUT2D eigenvalue weighted by Crippen LogP contribution is 2.27. The number of hydrogen-bond acceptors (Lipinski definition) is 5. The molecule has 0 saturated heterocycles. The quantitative estimate of drug-likeness (QED) is 0.295. The molecule has 0 radical (unpaired) electrons. The summed E-state index contributed by atoms with van der Waals surface area (Å²) in [5, 5.41) is 0. The fourth-order valence-corrected chi connectivity index (χ4v) is 6.36. The van der Waals surface area contributed by atoms with E-state index < -0.39 is 15.9 Å². The van der Waals surface area contributed by atoms with Gasteiger partial charge in [0.15, 0.2) is 4.80 Å². The maximum absolute atomic E-state index is 13.2. The van der Waals surface area contributed by atoms with Gasteiger partial charge in [-0.2, -0.15) is 9.30 Å². The predicted octanol–water partition coefficient (Wildman–Crippen LogP) is 4.85. The molecule has 1 heterocycles. The van der Waals surface area contributed by atoms with Crippen LogP contribution in [-0.4, -0.2) is 36.9 Å². The van der Waals surface area contributed by atoms with Gasteiger partial charge in [-0.05, 0) is 42.0 Å². The van der Waals surface area contributed by atoms with Gasteiger partial charge in [0.2, 0.25) is 10.0 Å². The van der Waals surface area contributed by atoms with Crippen LogP contribution in [0.4, 0.5) is 0 Å². The molecule has 0 fully saturated rings. The fraction of sp³-hybridized carbons (Fsp3) is 0.185. The van der Waals surface area contributed by atoms with Crippen LogP contribution in [0.3, 0.4) is 0 Å². The lowest BCUT2D eigenvalue weighted by atomic mass is 10.2. The Bertz CT molecular complexity index is 1550. The third kappa shape index (κ3) is 5.18. The molecule has 1 amide bonds. The molecule has 0 unspecified atom stereocenters. The Hall–Kier alpha value is -3.53. The maximum Gasteiger partial charge on any atom is 0.279 e. The summed E-state index contributed by atoms with van der Waals surface area (Å²) in [5.41, 5.74) is 2.05. The van der Waals surface area contributed by atoms with Gasteiger partial charge in [0.05, 0.1) is 16.7 Å². The van der Waals surface area contributed by atoms with Crippen molar-refractivity contribution in [2.75, 3.05) is 13.7 Å². The Balaban J connectivity index is 1.64. The van der Waals surface area contributed by atoms with E-state index in [0.29, 0.717) is 29.2 Å². The Morgan fingerprint density at radius 2 is 1.81 bits per heavy atom. The number of ether oxygens (including phenoxy) is 1. The number of amides is 1. The molecule has 0 N–H and O–H groups in total. The minimum atomic E-state index is -3.73. The molecule has 7 nitrogen and oxygen atoms in total. The van der Waals surface area contributed by atoms with E-state index in [0.717, 1.165) is 15.8 Å². The van der Waals surface area contributed by atoms with Crippen molar-refractivity contribution >= 4 is 37.5 Å². The summed E-state index contributed by atoms with van der Waals surface area (Å²) in [4.78, 5) is 18.0. The molecule has 0 spiro atoms. The Morgan fingerprint density at radius 3 is 2.44 bits per heavy atom. The number of benzene rings is 3. The minimum Gasteiger partial charge on any atom is -0.495 e. The second-order valence-corrected chi connectivity index (χ2v) is 10.9.